The molecule has 2 aromatic carbocycles. The van der Waals surface area contributed by atoms with Gasteiger partial charge in [-0.25, -0.2) is 4.79 Å². The lowest BCUT2D eigenvalue weighted by atomic mass is 10.2. The highest BCUT2D eigenvalue weighted by atomic mass is 35.5. The SMILES string of the molecule is Cc1ccc(N2C(=O)N(CC(=O)N(Cc3nnc(-c4ccccc4Cl)o3)C3CC3)C(=O)[C@@H]2C)cc1. The van der Waals surface area contributed by atoms with Crippen LogP contribution < -0.4 is 4.90 Å². The molecule has 2 fully saturated rings. The maximum Gasteiger partial charge on any atom is 0.332 e. The van der Waals surface area contributed by atoms with Gasteiger partial charge in [0.2, 0.25) is 17.7 Å². The summed E-state index contributed by atoms with van der Waals surface area (Å²) in [4.78, 5) is 43.3. The Labute approximate surface area is 207 Å². The van der Waals surface area contributed by atoms with E-state index in [1.807, 2.05) is 25.1 Å². The van der Waals surface area contributed by atoms with E-state index in [0.29, 0.717) is 16.3 Å². The van der Waals surface area contributed by atoms with E-state index in [9.17, 15) is 14.4 Å². The van der Waals surface area contributed by atoms with E-state index in [0.717, 1.165) is 23.3 Å². The van der Waals surface area contributed by atoms with Crippen LogP contribution in [0, 0.1) is 6.92 Å². The molecule has 2 heterocycles. The van der Waals surface area contributed by atoms with Crippen LogP contribution in [0.5, 0.6) is 0 Å². The fourth-order valence-corrected chi connectivity index (χ4v) is 4.37. The van der Waals surface area contributed by atoms with E-state index in [4.69, 9.17) is 16.0 Å². The largest absolute Gasteiger partial charge is 0.419 e. The molecule has 5 rings (SSSR count). The Morgan fingerprint density at radius 3 is 2.51 bits per heavy atom. The Kier molecular flexibility index (Phi) is 6.02. The van der Waals surface area contributed by atoms with Crippen LogP contribution in [0.2, 0.25) is 5.02 Å². The predicted molar refractivity (Wildman–Crippen MR) is 129 cm³/mol. The molecule has 180 valence electrons. The standard InChI is InChI=1S/C25H24ClN5O4/c1-15-7-9-18(10-8-15)31-16(2)24(33)30(25(31)34)14-22(32)29(17-11-12-17)13-21-27-28-23(35-21)19-5-3-4-6-20(19)26/h3-10,16-17H,11-14H2,1-2H3/t16-/m0/s1. The first kappa shape index (κ1) is 23.0. The van der Waals surface area contributed by atoms with Crippen molar-refractivity contribution >= 4 is 35.1 Å². The first-order valence-electron chi connectivity index (χ1n) is 11.4. The Balaban J connectivity index is 1.31. The normalized spacial score (nSPS) is 17.9. The third kappa shape index (κ3) is 4.51. The van der Waals surface area contributed by atoms with Crippen molar-refractivity contribution in [2.24, 2.45) is 0 Å². The Morgan fingerprint density at radius 2 is 1.83 bits per heavy atom. The van der Waals surface area contributed by atoms with Crippen molar-refractivity contribution in [2.75, 3.05) is 11.4 Å². The number of aromatic nitrogens is 2. The summed E-state index contributed by atoms with van der Waals surface area (Å²) in [6, 6.07) is 13.3. The topological polar surface area (TPSA) is 99.9 Å². The number of aryl methyl sites for hydroxylation is 1. The summed E-state index contributed by atoms with van der Waals surface area (Å²) in [6.07, 6.45) is 1.68. The fraction of sp³-hybridized carbons (Fsp3) is 0.320. The first-order chi connectivity index (χ1) is 16.8. The number of carbonyl (C=O) groups is 3. The van der Waals surface area contributed by atoms with Gasteiger partial charge >= 0.3 is 6.03 Å². The van der Waals surface area contributed by atoms with Crippen LogP contribution in [0.1, 0.15) is 31.2 Å². The third-order valence-electron chi connectivity index (χ3n) is 6.24. The van der Waals surface area contributed by atoms with Gasteiger partial charge in [0.05, 0.1) is 17.1 Å². The molecule has 35 heavy (non-hydrogen) atoms. The van der Waals surface area contributed by atoms with Crippen LogP contribution in [-0.4, -0.2) is 56.5 Å². The minimum atomic E-state index is -0.693. The number of hydrogen-bond acceptors (Lipinski definition) is 6. The second-order valence-corrected chi connectivity index (χ2v) is 9.23. The van der Waals surface area contributed by atoms with Crippen molar-refractivity contribution in [1.82, 2.24) is 20.0 Å². The zero-order valence-electron chi connectivity index (χ0n) is 19.3. The summed E-state index contributed by atoms with van der Waals surface area (Å²) in [5.74, 6) is -0.224. The molecule has 0 unspecified atom stereocenters. The van der Waals surface area contributed by atoms with Crippen LogP contribution >= 0.6 is 11.6 Å². The highest BCUT2D eigenvalue weighted by molar-refractivity contribution is 6.33. The quantitative estimate of drug-likeness (QED) is 0.460. The van der Waals surface area contributed by atoms with Crippen molar-refractivity contribution in [2.45, 2.75) is 45.3 Å². The van der Waals surface area contributed by atoms with Crippen LogP contribution in [0.15, 0.2) is 52.9 Å². The molecule has 0 radical (unpaired) electrons. The monoisotopic (exact) mass is 493 g/mol. The van der Waals surface area contributed by atoms with E-state index in [1.165, 1.54) is 4.90 Å². The summed E-state index contributed by atoms with van der Waals surface area (Å²) < 4.78 is 5.77. The Morgan fingerprint density at radius 1 is 1.11 bits per heavy atom. The van der Waals surface area contributed by atoms with Gasteiger partial charge in [-0.05, 0) is 51.0 Å². The van der Waals surface area contributed by atoms with Crippen LogP contribution in [-0.2, 0) is 16.1 Å². The summed E-state index contributed by atoms with van der Waals surface area (Å²) in [6.45, 7) is 3.36. The highest BCUT2D eigenvalue weighted by Crippen LogP contribution is 2.31. The lowest BCUT2D eigenvalue weighted by Crippen LogP contribution is -2.44. The van der Waals surface area contributed by atoms with Crippen molar-refractivity contribution in [3.8, 4) is 11.5 Å². The molecule has 0 N–H and O–H groups in total. The average Bonchev–Trinajstić information content (AvgIpc) is 3.54. The summed E-state index contributed by atoms with van der Waals surface area (Å²) in [7, 11) is 0. The third-order valence-corrected chi connectivity index (χ3v) is 6.57. The molecule has 0 spiro atoms. The van der Waals surface area contributed by atoms with Gasteiger partial charge in [-0.3, -0.25) is 19.4 Å². The van der Waals surface area contributed by atoms with Gasteiger partial charge in [0.25, 0.3) is 5.91 Å². The predicted octanol–water partition coefficient (Wildman–Crippen LogP) is 4.05. The molecule has 3 aromatic rings. The van der Waals surface area contributed by atoms with Crippen LogP contribution in [0.4, 0.5) is 10.5 Å². The number of rotatable bonds is 7. The molecule has 2 aliphatic rings. The van der Waals surface area contributed by atoms with Gasteiger partial charge in [-0.1, -0.05) is 41.4 Å². The number of halogens is 1. The first-order valence-corrected chi connectivity index (χ1v) is 11.8. The number of benzene rings is 2. The van der Waals surface area contributed by atoms with Crippen molar-refractivity contribution in [3.05, 3.63) is 65.0 Å². The lowest BCUT2D eigenvalue weighted by molar-refractivity contribution is -0.138. The number of imide groups is 1. The van der Waals surface area contributed by atoms with E-state index >= 15 is 0 Å². The summed E-state index contributed by atoms with van der Waals surface area (Å²) >= 11 is 6.22. The molecule has 0 bridgehead atoms. The van der Waals surface area contributed by atoms with E-state index in [-0.39, 0.29) is 36.8 Å². The molecular formula is C25H24ClN5O4. The Hall–Kier alpha value is -3.72. The number of urea groups is 1. The van der Waals surface area contributed by atoms with Gasteiger partial charge < -0.3 is 9.32 Å². The number of carbonyl (C=O) groups excluding carboxylic acids is 3. The smallest absolute Gasteiger partial charge is 0.332 e. The highest BCUT2D eigenvalue weighted by Gasteiger charge is 2.45. The second-order valence-electron chi connectivity index (χ2n) is 8.82. The van der Waals surface area contributed by atoms with Gasteiger partial charge in [0.1, 0.15) is 12.6 Å². The molecule has 1 saturated heterocycles. The van der Waals surface area contributed by atoms with Crippen LogP contribution in [0.3, 0.4) is 0 Å². The molecule has 1 atom stereocenters. The minimum absolute atomic E-state index is 0.0107. The molecule has 4 amide bonds. The molecule has 1 aliphatic carbocycles. The van der Waals surface area contributed by atoms with Gasteiger partial charge in [-0.15, -0.1) is 10.2 Å². The number of hydrogen-bond donors (Lipinski definition) is 0. The molecule has 10 heteroatoms. The summed E-state index contributed by atoms with van der Waals surface area (Å²) in [5, 5.41) is 8.62. The number of nitrogens with zero attached hydrogens (tertiary/aromatic N) is 5. The molecule has 1 aliphatic heterocycles. The Bertz CT molecular complexity index is 1290. The van der Waals surface area contributed by atoms with Crippen molar-refractivity contribution < 1.29 is 18.8 Å². The molecule has 1 aromatic heterocycles. The van der Waals surface area contributed by atoms with Crippen molar-refractivity contribution in [3.63, 3.8) is 0 Å². The average molecular weight is 494 g/mol. The number of amides is 4. The van der Waals surface area contributed by atoms with Gasteiger partial charge in [-0.2, -0.15) is 0 Å². The van der Waals surface area contributed by atoms with Gasteiger partial charge in [0, 0.05) is 11.7 Å². The zero-order chi connectivity index (χ0) is 24.7. The zero-order valence-corrected chi connectivity index (χ0v) is 20.1. The van der Waals surface area contributed by atoms with Crippen LogP contribution in [0.25, 0.3) is 11.5 Å². The maximum atomic E-state index is 13.3. The van der Waals surface area contributed by atoms with Gasteiger partial charge in [0.15, 0.2) is 0 Å². The molecular weight excluding hydrogens is 470 g/mol. The summed E-state index contributed by atoms with van der Waals surface area (Å²) in [5.41, 5.74) is 2.27. The van der Waals surface area contributed by atoms with E-state index in [1.54, 1.807) is 42.2 Å². The number of anilines is 1. The molecule has 1 saturated carbocycles. The second kappa shape index (κ2) is 9.14. The minimum Gasteiger partial charge on any atom is -0.419 e. The maximum absolute atomic E-state index is 13.3. The van der Waals surface area contributed by atoms with Crippen molar-refractivity contribution in [1.29, 1.82) is 0 Å². The molecule has 9 nitrogen and oxygen atoms in total. The van der Waals surface area contributed by atoms with E-state index < -0.39 is 18.0 Å². The lowest BCUT2D eigenvalue weighted by Gasteiger charge is -2.23. The fourth-order valence-electron chi connectivity index (χ4n) is 4.15. The van der Waals surface area contributed by atoms with E-state index in [2.05, 4.69) is 10.2 Å².